The van der Waals surface area contributed by atoms with Crippen molar-refractivity contribution in [2.45, 2.75) is 18.4 Å². The van der Waals surface area contributed by atoms with Crippen LogP contribution in [0.2, 0.25) is 0 Å². The molecule has 1 N–H and O–H groups in total. The van der Waals surface area contributed by atoms with Crippen molar-refractivity contribution in [2.24, 2.45) is 7.05 Å². The predicted octanol–water partition coefficient (Wildman–Crippen LogP) is 4.42. The number of nitrogens with zero attached hydrogens (tertiary/aromatic N) is 2. The molecule has 168 valence electrons. The number of aromatic nitrogens is 1. The van der Waals surface area contributed by atoms with E-state index in [0.29, 0.717) is 18.4 Å². The zero-order chi connectivity index (χ0) is 23.4. The van der Waals surface area contributed by atoms with Crippen LogP contribution in [0.3, 0.4) is 0 Å². The standard InChI is InChI=1S/C28H23N3O3/c1-30-22-14-8-6-12-20(22)24(25(30)19-10-3-2-4-11-19)23(32)17-31-26(33)28(29-27(31)34)16-15-18-9-5-7-13-21(18)28/h2-14H,15-17H2,1H3,(H,29,34)/t28-/m1/s1. The van der Waals surface area contributed by atoms with Gasteiger partial charge in [0.15, 0.2) is 5.78 Å². The van der Waals surface area contributed by atoms with Crippen LogP contribution in [0.15, 0.2) is 78.9 Å². The van der Waals surface area contributed by atoms with Crippen molar-refractivity contribution in [3.63, 3.8) is 0 Å². The van der Waals surface area contributed by atoms with Crippen molar-refractivity contribution in [1.82, 2.24) is 14.8 Å². The normalized spacial score (nSPS) is 19.1. The summed E-state index contributed by atoms with van der Waals surface area (Å²) in [7, 11) is 1.93. The van der Waals surface area contributed by atoms with Crippen LogP contribution in [0.5, 0.6) is 0 Å². The Kier molecular flexibility index (Phi) is 4.45. The number of carbonyl (C=O) groups is 3. The van der Waals surface area contributed by atoms with Gasteiger partial charge in [-0.2, -0.15) is 0 Å². The van der Waals surface area contributed by atoms with Crippen LogP contribution in [0, 0.1) is 0 Å². The summed E-state index contributed by atoms with van der Waals surface area (Å²) in [6.07, 6.45) is 1.22. The molecule has 1 aliphatic heterocycles. The van der Waals surface area contributed by atoms with Gasteiger partial charge in [0.05, 0.1) is 17.8 Å². The number of fused-ring (bicyclic) bond motifs is 3. The lowest BCUT2D eigenvalue weighted by Gasteiger charge is -2.22. The number of nitrogens with one attached hydrogen (secondary N) is 1. The quantitative estimate of drug-likeness (QED) is 0.370. The summed E-state index contributed by atoms with van der Waals surface area (Å²) in [6.45, 7) is -0.303. The van der Waals surface area contributed by atoms with Gasteiger partial charge in [0, 0.05) is 18.0 Å². The molecule has 3 amide bonds. The molecule has 1 atom stereocenters. The van der Waals surface area contributed by atoms with Gasteiger partial charge in [-0.25, -0.2) is 4.79 Å². The van der Waals surface area contributed by atoms with E-state index in [1.54, 1.807) is 0 Å². The maximum atomic E-state index is 13.8. The van der Waals surface area contributed by atoms with Crippen LogP contribution >= 0.6 is 0 Å². The lowest BCUT2D eigenvalue weighted by molar-refractivity contribution is -0.131. The number of amides is 3. The van der Waals surface area contributed by atoms with Gasteiger partial charge in [0.25, 0.3) is 5.91 Å². The first-order chi connectivity index (χ1) is 16.5. The van der Waals surface area contributed by atoms with E-state index >= 15 is 0 Å². The topological polar surface area (TPSA) is 71.4 Å². The van der Waals surface area contributed by atoms with Gasteiger partial charge in [0.1, 0.15) is 5.54 Å². The third-order valence-electron chi connectivity index (χ3n) is 7.16. The first kappa shape index (κ1) is 20.4. The minimum atomic E-state index is -1.07. The maximum Gasteiger partial charge on any atom is 0.325 e. The second-order valence-electron chi connectivity index (χ2n) is 8.97. The highest BCUT2D eigenvalue weighted by Gasteiger charge is 2.55. The largest absolute Gasteiger partial charge is 0.343 e. The van der Waals surface area contributed by atoms with Crippen molar-refractivity contribution in [2.75, 3.05) is 6.54 Å². The van der Waals surface area contributed by atoms with Gasteiger partial charge in [0.2, 0.25) is 0 Å². The lowest BCUT2D eigenvalue weighted by atomic mass is 9.91. The highest BCUT2D eigenvalue weighted by Crippen LogP contribution is 2.41. The number of imide groups is 1. The number of benzene rings is 3. The molecule has 1 saturated heterocycles. The summed E-state index contributed by atoms with van der Waals surface area (Å²) in [5.41, 5.74) is 3.95. The second kappa shape index (κ2) is 7.42. The highest BCUT2D eigenvalue weighted by molar-refractivity contribution is 6.18. The van der Waals surface area contributed by atoms with Gasteiger partial charge in [-0.15, -0.1) is 0 Å². The Morgan fingerprint density at radius 1 is 0.941 bits per heavy atom. The Bertz CT molecular complexity index is 1490. The van der Waals surface area contributed by atoms with E-state index in [1.807, 2.05) is 90.5 Å². The average Bonchev–Trinajstić information content (AvgIpc) is 3.46. The van der Waals surface area contributed by atoms with Crippen molar-refractivity contribution < 1.29 is 14.4 Å². The van der Waals surface area contributed by atoms with E-state index in [4.69, 9.17) is 0 Å². The monoisotopic (exact) mass is 449 g/mol. The highest BCUT2D eigenvalue weighted by atomic mass is 16.2. The van der Waals surface area contributed by atoms with Gasteiger partial charge in [-0.1, -0.05) is 72.8 Å². The Morgan fingerprint density at radius 2 is 1.65 bits per heavy atom. The zero-order valence-electron chi connectivity index (χ0n) is 18.7. The van der Waals surface area contributed by atoms with Crippen LogP contribution in [-0.4, -0.2) is 33.7 Å². The van der Waals surface area contributed by atoms with E-state index in [-0.39, 0.29) is 18.2 Å². The molecule has 3 aromatic carbocycles. The zero-order valence-corrected chi connectivity index (χ0v) is 18.7. The van der Waals surface area contributed by atoms with Gasteiger partial charge in [-0.3, -0.25) is 14.5 Å². The summed E-state index contributed by atoms with van der Waals surface area (Å²) in [5, 5.41) is 3.72. The Balaban J connectivity index is 1.41. The minimum Gasteiger partial charge on any atom is -0.343 e. The molecule has 6 rings (SSSR count). The number of rotatable bonds is 4. The molecule has 1 spiro atoms. The Labute approximate surface area is 196 Å². The van der Waals surface area contributed by atoms with Crippen LogP contribution in [0.25, 0.3) is 22.2 Å². The van der Waals surface area contributed by atoms with Crippen LogP contribution in [0.1, 0.15) is 27.9 Å². The molecule has 0 unspecified atom stereocenters. The molecular formula is C28H23N3O3. The number of hydrogen-bond donors (Lipinski definition) is 1. The number of ketones is 1. The number of hydrogen-bond acceptors (Lipinski definition) is 3. The smallest absolute Gasteiger partial charge is 0.325 e. The summed E-state index contributed by atoms with van der Waals surface area (Å²) in [5.74, 6) is -0.611. The number of Topliss-reactive ketones (excluding diaryl/α,β-unsaturated/α-hetero) is 1. The van der Waals surface area contributed by atoms with Crippen molar-refractivity contribution in [3.05, 3.63) is 95.6 Å². The van der Waals surface area contributed by atoms with E-state index in [2.05, 4.69) is 5.32 Å². The first-order valence-corrected chi connectivity index (χ1v) is 11.4. The minimum absolute atomic E-state index is 0.262. The SMILES string of the molecule is Cn1c(-c2ccccc2)c(C(=O)CN2C(=O)N[C@@]3(CCc4ccccc43)C2=O)c2ccccc21. The molecule has 4 aromatic rings. The number of urea groups is 1. The summed E-state index contributed by atoms with van der Waals surface area (Å²) >= 11 is 0. The van der Waals surface area contributed by atoms with Crippen LogP contribution < -0.4 is 5.32 Å². The molecule has 0 saturated carbocycles. The van der Waals surface area contributed by atoms with Crippen molar-refractivity contribution in [3.8, 4) is 11.3 Å². The Hall–Kier alpha value is -4.19. The number of para-hydroxylation sites is 1. The van der Waals surface area contributed by atoms with E-state index in [9.17, 15) is 14.4 Å². The molecule has 6 heteroatoms. The summed E-state index contributed by atoms with van der Waals surface area (Å²) < 4.78 is 2.00. The van der Waals surface area contributed by atoms with Crippen molar-refractivity contribution >= 4 is 28.6 Å². The van der Waals surface area contributed by atoms with Crippen LogP contribution in [0.4, 0.5) is 4.79 Å². The fraction of sp³-hybridized carbons (Fsp3) is 0.179. The second-order valence-corrected chi connectivity index (χ2v) is 8.97. The molecule has 0 radical (unpaired) electrons. The molecule has 34 heavy (non-hydrogen) atoms. The molecule has 0 bridgehead atoms. The fourth-order valence-electron chi connectivity index (χ4n) is 5.57. The lowest BCUT2D eigenvalue weighted by Crippen LogP contribution is -2.42. The van der Waals surface area contributed by atoms with Crippen molar-refractivity contribution in [1.29, 1.82) is 0 Å². The third-order valence-corrected chi connectivity index (χ3v) is 7.16. The maximum absolute atomic E-state index is 13.8. The third kappa shape index (κ3) is 2.78. The van der Waals surface area contributed by atoms with E-state index in [0.717, 1.165) is 38.2 Å². The predicted molar refractivity (Wildman–Crippen MR) is 129 cm³/mol. The van der Waals surface area contributed by atoms with Crippen LogP contribution in [-0.2, 0) is 23.8 Å². The molecule has 1 aliphatic carbocycles. The molecule has 6 nitrogen and oxygen atoms in total. The van der Waals surface area contributed by atoms with Gasteiger partial charge in [-0.05, 0) is 35.6 Å². The van der Waals surface area contributed by atoms with Gasteiger partial charge >= 0.3 is 6.03 Å². The number of aryl methyl sites for hydroxylation is 2. The summed E-state index contributed by atoms with van der Waals surface area (Å²) in [4.78, 5) is 41.4. The molecule has 1 fully saturated rings. The summed E-state index contributed by atoms with van der Waals surface area (Å²) in [6, 6.07) is 24.6. The molecule has 2 aliphatic rings. The van der Waals surface area contributed by atoms with Gasteiger partial charge < -0.3 is 9.88 Å². The fourth-order valence-corrected chi connectivity index (χ4v) is 5.57. The molecular weight excluding hydrogens is 426 g/mol. The first-order valence-electron chi connectivity index (χ1n) is 11.4. The Morgan fingerprint density at radius 3 is 2.47 bits per heavy atom. The number of carbonyl (C=O) groups excluding carboxylic acids is 3. The molecule has 2 heterocycles. The van der Waals surface area contributed by atoms with E-state index in [1.165, 1.54) is 0 Å². The average molecular weight is 450 g/mol. The van der Waals surface area contributed by atoms with E-state index < -0.39 is 11.6 Å². The molecule has 1 aromatic heterocycles.